The standard InChI is InChI=1S/C60H88N8O13S2/c1-39(61-9)51(82-10)43-18-14-41(15-19-43)32-62-55(73)47-30-45(69)34-67(47)57(75)53(59(3,4)5)65-49(71)36-80-27-13-25-78-23-11-22-77-24-12-26-79-28-29-81-37-50(72)66-54(60(6,7)8)58(76)68-35-46(70)31-48(68)56(74)63-33-42-16-20-44(21-17-42)52-40(2)64-38-83-52/h14-21,38,45-48,53-54,69-70H,9,11-13,22-37H2,1-8,10H3,(H,62,73)(H,63,74)(H,65,71)(H,66,72)/b51-39-/t45-,46-,47+,48+,53-,54-/m1/s1. The number of aliphatic hydroxyl groups is 2. The molecule has 0 saturated carbocycles. The van der Waals surface area contributed by atoms with Crippen molar-refractivity contribution in [3.05, 3.63) is 82.1 Å². The van der Waals surface area contributed by atoms with Crippen LogP contribution in [0.1, 0.15) is 103 Å². The number of carbonyl (C=O) groups is 6. The first-order valence-electron chi connectivity index (χ1n) is 28.3. The summed E-state index contributed by atoms with van der Waals surface area (Å²) in [6, 6.07) is 11.8. The molecule has 0 spiro atoms. The highest BCUT2D eigenvalue weighted by Gasteiger charge is 2.46. The van der Waals surface area contributed by atoms with Gasteiger partial charge < -0.3 is 65.0 Å². The van der Waals surface area contributed by atoms with E-state index in [0.29, 0.717) is 52.3 Å². The SMILES string of the molecule is C=N/C(C)=C(\SC)c1ccc(CNC(=O)[C@@H]2C[C@@H](O)CN2C(=O)[C@@H](NC(=O)COCCCOCCCOCCCOCCOCC(=O)N[C@H](C(=O)N2C[C@H](O)C[C@H]2C(=O)NCc2ccc(-c3scnc3C)cc2)C(C)(C)C)C(C)(C)C)cc1. The van der Waals surface area contributed by atoms with E-state index in [9.17, 15) is 39.0 Å². The molecule has 6 atom stereocenters. The van der Waals surface area contributed by atoms with Crippen molar-refractivity contribution < 1.29 is 62.7 Å². The maximum Gasteiger partial charge on any atom is 0.246 e. The maximum atomic E-state index is 14.0. The third-order valence-electron chi connectivity index (χ3n) is 14.0. The third-order valence-corrected chi connectivity index (χ3v) is 15.9. The molecule has 6 N–H and O–H groups in total. The van der Waals surface area contributed by atoms with E-state index in [4.69, 9.17) is 23.7 Å². The molecule has 2 saturated heterocycles. The van der Waals surface area contributed by atoms with E-state index in [1.165, 1.54) is 9.80 Å². The van der Waals surface area contributed by atoms with Crippen molar-refractivity contribution in [2.45, 2.75) is 137 Å². The van der Waals surface area contributed by atoms with Crippen molar-refractivity contribution in [2.75, 3.05) is 85.4 Å². The van der Waals surface area contributed by atoms with Gasteiger partial charge in [0.15, 0.2) is 0 Å². The molecule has 6 amide bonds. The summed E-state index contributed by atoms with van der Waals surface area (Å²) in [5.41, 5.74) is 5.94. The summed E-state index contributed by atoms with van der Waals surface area (Å²) in [7, 11) is 0. The minimum atomic E-state index is -0.978. The van der Waals surface area contributed by atoms with Crippen LogP contribution in [-0.4, -0.2) is 189 Å². The molecular formula is C60H88N8O13S2. The predicted octanol–water partition coefficient (Wildman–Crippen LogP) is 5.04. The molecule has 0 bridgehead atoms. The number of nitrogens with zero attached hydrogens (tertiary/aromatic N) is 4. The minimum Gasteiger partial charge on any atom is -0.391 e. The quantitative estimate of drug-likeness (QED) is 0.0345. The smallest absolute Gasteiger partial charge is 0.246 e. The number of amides is 6. The van der Waals surface area contributed by atoms with Crippen LogP contribution in [0.25, 0.3) is 15.3 Å². The number of hydrogen-bond donors (Lipinski definition) is 6. The number of aliphatic imine (C=N–C) groups is 1. The first-order chi connectivity index (χ1) is 39.5. The number of likely N-dealkylation sites (tertiary alicyclic amines) is 2. The van der Waals surface area contributed by atoms with Crippen molar-refractivity contribution in [1.82, 2.24) is 36.1 Å². The van der Waals surface area contributed by atoms with Gasteiger partial charge in [-0.15, -0.1) is 23.1 Å². The molecule has 23 heteroatoms. The number of rotatable bonds is 33. The lowest BCUT2D eigenvalue weighted by Crippen LogP contribution is -2.58. The zero-order valence-electron chi connectivity index (χ0n) is 49.8. The highest BCUT2D eigenvalue weighted by Crippen LogP contribution is 2.31. The van der Waals surface area contributed by atoms with Crippen molar-refractivity contribution >= 4 is 70.2 Å². The molecule has 2 fully saturated rings. The molecule has 458 valence electrons. The summed E-state index contributed by atoms with van der Waals surface area (Å²) < 4.78 is 28.1. The average molecular weight is 1190 g/mol. The molecule has 5 rings (SSSR count). The zero-order chi connectivity index (χ0) is 60.7. The summed E-state index contributed by atoms with van der Waals surface area (Å²) in [6.45, 7) is 21.3. The Bertz CT molecular complexity index is 2620. The molecule has 1 aromatic heterocycles. The Labute approximate surface area is 497 Å². The van der Waals surface area contributed by atoms with Crippen molar-refractivity contribution in [3.63, 3.8) is 0 Å². The normalized spacial score (nSPS) is 18.3. The highest BCUT2D eigenvalue weighted by atomic mass is 32.2. The monoisotopic (exact) mass is 1190 g/mol. The number of aryl methyl sites for hydroxylation is 1. The Morgan fingerprint density at radius 1 is 0.675 bits per heavy atom. The van der Waals surface area contributed by atoms with Crippen LogP contribution in [0.15, 0.2) is 64.7 Å². The number of hydrogen-bond acceptors (Lipinski definition) is 17. The lowest BCUT2D eigenvalue weighted by molar-refractivity contribution is -0.144. The van der Waals surface area contributed by atoms with Crippen LogP contribution < -0.4 is 21.3 Å². The average Bonchev–Trinajstić information content (AvgIpc) is 4.34. The first-order valence-corrected chi connectivity index (χ1v) is 30.4. The number of thiazole rings is 1. The van der Waals surface area contributed by atoms with Gasteiger partial charge in [0.1, 0.15) is 37.4 Å². The lowest BCUT2D eigenvalue weighted by atomic mass is 9.85. The fourth-order valence-corrected chi connectivity index (χ4v) is 11.0. The van der Waals surface area contributed by atoms with Crippen LogP contribution in [0, 0.1) is 17.8 Å². The fourth-order valence-electron chi connectivity index (χ4n) is 9.48. The summed E-state index contributed by atoms with van der Waals surface area (Å²) >= 11 is 3.14. The molecule has 0 aliphatic carbocycles. The van der Waals surface area contributed by atoms with Crippen LogP contribution >= 0.6 is 23.1 Å². The van der Waals surface area contributed by atoms with Gasteiger partial charge in [-0.2, -0.15) is 0 Å². The Kier molecular flexibility index (Phi) is 27.7. The molecule has 83 heavy (non-hydrogen) atoms. The van der Waals surface area contributed by atoms with Crippen LogP contribution in [0.4, 0.5) is 0 Å². The van der Waals surface area contributed by atoms with Gasteiger partial charge in [-0.25, -0.2) is 4.98 Å². The van der Waals surface area contributed by atoms with E-state index in [2.05, 4.69) is 38.0 Å². The van der Waals surface area contributed by atoms with Crippen LogP contribution in [0.5, 0.6) is 0 Å². The van der Waals surface area contributed by atoms with Crippen LogP contribution in [-0.2, 0) is 65.5 Å². The largest absolute Gasteiger partial charge is 0.391 e. The Hall–Kier alpha value is -5.63. The summed E-state index contributed by atoms with van der Waals surface area (Å²) in [5, 5.41) is 32.6. The zero-order valence-corrected chi connectivity index (χ0v) is 51.4. The fraction of sp³-hybridized carbons (Fsp3) is 0.600. The topological polar surface area (TPSA) is 269 Å². The number of benzene rings is 2. The number of β-amino-alcohol motifs (C(OH)–C–C–N with tert-alkyl or cyclic N) is 2. The Morgan fingerprint density at radius 2 is 1.08 bits per heavy atom. The number of allylic oxidation sites excluding steroid dienone is 1. The molecule has 2 aliphatic heterocycles. The van der Waals surface area contributed by atoms with E-state index in [1.807, 2.05) is 110 Å². The van der Waals surface area contributed by atoms with E-state index < -0.39 is 70.8 Å². The number of nitrogens with one attached hydrogen (secondary N) is 4. The van der Waals surface area contributed by atoms with Crippen molar-refractivity contribution in [3.8, 4) is 10.4 Å². The summed E-state index contributed by atoms with van der Waals surface area (Å²) in [6.07, 6.45) is 2.25. The number of aromatic nitrogens is 1. The Balaban J connectivity index is 0.875. The third kappa shape index (κ3) is 21.7. The van der Waals surface area contributed by atoms with E-state index >= 15 is 0 Å². The summed E-state index contributed by atoms with van der Waals surface area (Å²) in [4.78, 5) is 94.0. The van der Waals surface area contributed by atoms with Gasteiger partial charge >= 0.3 is 0 Å². The number of carbonyl (C=O) groups excluding carboxylic acids is 6. The molecule has 2 aliphatic rings. The molecular weight excluding hydrogens is 1100 g/mol. The Morgan fingerprint density at radius 3 is 1.49 bits per heavy atom. The molecule has 0 unspecified atom stereocenters. The number of ether oxygens (including phenoxy) is 5. The lowest BCUT2D eigenvalue weighted by Gasteiger charge is -2.35. The minimum absolute atomic E-state index is 0.0281. The van der Waals surface area contributed by atoms with E-state index in [-0.39, 0.29) is 83.9 Å². The van der Waals surface area contributed by atoms with Gasteiger partial charge in [0.25, 0.3) is 0 Å². The van der Waals surface area contributed by atoms with Gasteiger partial charge in [0.2, 0.25) is 35.4 Å². The maximum absolute atomic E-state index is 14.0. The van der Waals surface area contributed by atoms with Gasteiger partial charge in [0, 0.05) is 83.6 Å². The molecule has 2 aromatic carbocycles. The van der Waals surface area contributed by atoms with Crippen molar-refractivity contribution in [1.29, 1.82) is 0 Å². The second-order valence-electron chi connectivity index (χ2n) is 22.9. The van der Waals surface area contributed by atoms with Crippen LogP contribution in [0.2, 0.25) is 0 Å². The molecule has 3 heterocycles. The van der Waals surface area contributed by atoms with Crippen LogP contribution in [0.3, 0.4) is 0 Å². The van der Waals surface area contributed by atoms with E-state index in [1.54, 1.807) is 28.6 Å². The number of thioether (sulfide) groups is 1. The van der Waals surface area contributed by atoms with Gasteiger partial charge in [0.05, 0.1) is 47.2 Å². The van der Waals surface area contributed by atoms with Gasteiger partial charge in [-0.3, -0.25) is 33.8 Å². The molecule has 21 nitrogen and oxygen atoms in total. The summed E-state index contributed by atoms with van der Waals surface area (Å²) in [5.74, 6) is -2.65. The van der Waals surface area contributed by atoms with Gasteiger partial charge in [-0.1, -0.05) is 90.1 Å². The highest BCUT2D eigenvalue weighted by molar-refractivity contribution is 8.07. The van der Waals surface area contributed by atoms with Gasteiger partial charge in [-0.05, 0) is 79.2 Å². The number of aliphatic hydroxyl groups excluding tert-OH is 2. The molecule has 0 radical (unpaired) electrons. The first kappa shape index (κ1) is 68.2. The van der Waals surface area contributed by atoms with Crippen molar-refractivity contribution in [2.24, 2.45) is 15.8 Å². The second-order valence-corrected chi connectivity index (χ2v) is 24.6. The molecule has 3 aromatic rings. The second kappa shape index (κ2) is 33.8. The predicted molar refractivity (Wildman–Crippen MR) is 321 cm³/mol. The van der Waals surface area contributed by atoms with E-state index in [0.717, 1.165) is 43.4 Å².